The van der Waals surface area contributed by atoms with Crippen molar-refractivity contribution in [3.05, 3.63) is 71.8 Å². The number of alkyl halides is 2. The first-order valence-corrected chi connectivity index (χ1v) is 8.00. The molecule has 0 amide bonds. The molecule has 2 aromatic carbocycles. The average Bonchev–Trinajstić information content (AvgIpc) is 3.11. The van der Waals surface area contributed by atoms with Crippen LogP contribution in [0.2, 0.25) is 0 Å². The second-order valence-electron chi connectivity index (χ2n) is 6.08. The van der Waals surface area contributed by atoms with E-state index in [1.165, 1.54) is 11.1 Å². The van der Waals surface area contributed by atoms with Crippen molar-refractivity contribution in [2.24, 2.45) is 11.7 Å². The first-order chi connectivity index (χ1) is 10.00. The third kappa shape index (κ3) is 3.42. The van der Waals surface area contributed by atoms with Crippen molar-refractivity contribution < 1.29 is 0 Å². The van der Waals surface area contributed by atoms with Gasteiger partial charge in [0.15, 0.2) is 0 Å². The number of nitrogens with two attached hydrogens (primary N) is 1. The van der Waals surface area contributed by atoms with E-state index in [-0.39, 0.29) is 5.92 Å². The van der Waals surface area contributed by atoms with Gasteiger partial charge in [-0.1, -0.05) is 60.7 Å². The van der Waals surface area contributed by atoms with Crippen molar-refractivity contribution in [3.63, 3.8) is 0 Å². The smallest absolute Gasteiger partial charge is 0.123 e. The lowest BCUT2D eigenvalue weighted by Gasteiger charge is -2.31. The Balaban J connectivity index is 1.85. The molecule has 3 rings (SSSR count). The summed E-state index contributed by atoms with van der Waals surface area (Å²) in [7, 11) is 0. The van der Waals surface area contributed by atoms with Crippen molar-refractivity contribution in [3.8, 4) is 0 Å². The highest BCUT2D eigenvalue weighted by Crippen LogP contribution is 2.58. The first kappa shape index (κ1) is 14.9. The fourth-order valence-electron chi connectivity index (χ4n) is 3.10. The van der Waals surface area contributed by atoms with Crippen LogP contribution in [-0.2, 0) is 12.8 Å². The Morgan fingerprint density at radius 2 is 1.29 bits per heavy atom. The predicted molar refractivity (Wildman–Crippen MR) is 89.8 cm³/mol. The Morgan fingerprint density at radius 1 is 0.905 bits per heavy atom. The molecule has 1 atom stereocenters. The van der Waals surface area contributed by atoms with E-state index >= 15 is 0 Å². The molecule has 21 heavy (non-hydrogen) atoms. The van der Waals surface area contributed by atoms with Crippen molar-refractivity contribution in [2.75, 3.05) is 0 Å². The van der Waals surface area contributed by atoms with Crippen LogP contribution in [0.3, 0.4) is 0 Å². The summed E-state index contributed by atoms with van der Waals surface area (Å²) in [6.45, 7) is 0. The maximum Gasteiger partial charge on any atom is 0.123 e. The van der Waals surface area contributed by atoms with E-state index < -0.39 is 9.87 Å². The van der Waals surface area contributed by atoms with Gasteiger partial charge in [-0.15, -0.1) is 23.2 Å². The molecule has 0 saturated heterocycles. The molecule has 1 aliphatic rings. The molecule has 3 heteroatoms. The zero-order chi connectivity index (χ0) is 14.9. The van der Waals surface area contributed by atoms with Gasteiger partial charge in [-0.05, 0) is 30.4 Å². The molecule has 0 heterocycles. The molecule has 2 aromatic rings. The van der Waals surface area contributed by atoms with Gasteiger partial charge < -0.3 is 5.73 Å². The van der Waals surface area contributed by atoms with Crippen LogP contribution >= 0.6 is 23.2 Å². The highest BCUT2D eigenvalue weighted by atomic mass is 35.5. The third-order valence-electron chi connectivity index (χ3n) is 4.27. The molecule has 1 aliphatic carbocycles. The van der Waals surface area contributed by atoms with Gasteiger partial charge in [-0.2, -0.15) is 0 Å². The minimum Gasteiger partial charge on any atom is -0.324 e. The quantitative estimate of drug-likeness (QED) is 0.814. The second-order valence-corrected chi connectivity index (χ2v) is 7.62. The zero-order valence-electron chi connectivity index (χ0n) is 11.8. The second kappa shape index (κ2) is 5.64. The minimum absolute atomic E-state index is 0.133. The van der Waals surface area contributed by atoms with E-state index in [0.29, 0.717) is 0 Å². The molecular weight excluding hydrogens is 301 g/mol. The lowest BCUT2D eigenvalue weighted by atomic mass is 9.81. The molecule has 0 bridgehead atoms. The monoisotopic (exact) mass is 319 g/mol. The van der Waals surface area contributed by atoms with Gasteiger partial charge in [0.25, 0.3) is 0 Å². The molecule has 1 nitrogen and oxygen atoms in total. The fourth-order valence-corrected chi connectivity index (χ4v) is 3.84. The molecule has 0 aliphatic heterocycles. The van der Waals surface area contributed by atoms with Gasteiger partial charge in [-0.25, -0.2) is 0 Å². The Morgan fingerprint density at radius 3 is 1.62 bits per heavy atom. The Kier molecular flexibility index (Phi) is 4.00. The van der Waals surface area contributed by atoms with E-state index in [0.717, 1.165) is 19.3 Å². The summed E-state index contributed by atoms with van der Waals surface area (Å²) in [5, 5.41) is 0. The number of hydrogen-bond acceptors (Lipinski definition) is 1. The molecule has 0 radical (unpaired) electrons. The standard InChI is InChI=1S/C18H19Cl2N/c19-18(20)13-16(18)17(21,11-14-7-3-1-4-8-14)12-15-9-5-2-6-10-15/h1-10,16H,11-13,21H2. The summed E-state index contributed by atoms with van der Waals surface area (Å²) in [4.78, 5) is 0. The van der Waals surface area contributed by atoms with Gasteiger partial charge in [-0.3, -0.25) is 0 Å². The average molecular weight is 320 g/mol. The highest BCUT2D eigenvalue weighted by Gasteiger charge is 2.60. The molecule has 1 unspecified atom stereocenters. The summed E-state index contributed by atoms with van der Waals surface area (Å²) in [5.74, 6) is 0.133. The van der Waals surface area contributed by atoms with Gasteiger partial charge >= 0.3 is 0 Å². The van der Waals surface area contributed by atoms with Crippen molar-refractivity contribution >= 4 is 23.2 Å². The Labute approximate surface area is 136 Å². The van der Waals surface area contributed by atoms with Crippen molar-refractivity contribution in [1.82, 2.24) is 0 Å². The van der Waals surface area contributed by atoms with Crippen LogP contribution in [0.4, 0.5) is 0 Å². The number of halogens is 2. The van der Waals surface area contributed by atoms with Crippen molar-refractivity contribution in [1.29, 1.82) is 0 Å². The van der Waals surface area contributed by atoms with E-state index in [1.807, 2.05) is 36.4 Å². The van der Waals surface area contributed by atoms with Gasteiger partial charge in [0, 0.05) is 11.5 Å². The summed E-state index contributed by atoms with van der Waals surface area (Å²) in [5.41, 5.74) is 8.82. The lowest BCUT2D eigenvalue weighted by Crippen LogP contribution is -2.48. The van der Waals surface area contributed by atoms with Crippen LogP contribution in [0.1, 0.15) is 17.5 Å². The Bertz CT molecular complexity index is 554. The van der Waals surface area contributed by atoms with Crippen LogP contribution in [0.25, 0.3) is 0 Å². The zero-order valence-corrected chi connectivity index (χ0v) is 13.3. The SMILES string of the molecule is NC(Cc1ccccc1)(Cc1ccccc1)C1CC1(Cl)Cl. The van der Waals surface area contributed by atoms with E-state index in [9.17, 15) is 0 Å². The lowest BCUT2D eigenvalue weighted by molar-refractivity contribution is 0.362. The van der Waals surface area contributed by atoms with Crippen LogP contribution in [-0.4, -0.2) is 9.87 Å². The van der Waals surface area contributed by atoms with E-state index in [2.05, 4.69) is 24.3 Å². The molecular formula is C18H19Cl2N. The largest absolute Gasteiger partial charge is 0.324 e. The van der Waals surface area contributed by atoms with E-state index in [1.54, 1.807) is 0 Å². The van der Waals surface area contributed by atoms with Gasteiger partial charge in [0.05, 0.1) is 0 Å². The van der Waals surface area contributed by atoms with Crippen LogP contribution < -0.4 is 5.73 Å². The summed E-state index contributed by atoms with van der Waals surface area (Å²) >= 11 is 12.6. The van der Waals surface area contributed by atoms with Gasteiger partial charge in [0.1, 0.15) is 4.33 Å². The Hall–Kier alpha value is -1.02. The number of benzene rings is 2. The predicted octanol–water partition coefficient (Wildman–Crippen LogP) is 4.36. The van der Waals surface area contributed by atoms with Crippen LogP contribution in [0.15, 0.2) is 60.7 Å². The summed E-state index contributed by atoms with van der Waals surface area (Å²) in [6, 6.07) is 20.6. The highest BCUT2D eigenvalue weighted by molar-refractivity contribution is 6.51. The molecule has 0 aromatic heterocycles. The first-order valence-electron chi connectivity index (χ1n) is 7.24. The normalized spacial score (nSPS) is 20.2. The summed E-state index contributed by atoms with van der Waals surface area (Å²) < 4.78 is -0.668. The molecule has 110 valence electrons. The topological polar surface area (TPSA) is 26.0 Å². The third-order valence-corrected chi connectivity index (χ3v) is 5.11. The van der Waals surface area contributed by atoms with Crippen LogP contribution in [0, 0.1) is 5.92 Å². The van der Waals surface area contributed by atoms with Crippen molar-refractivity contribution in [2.45, 2.75) is 29.1 Å². The van der Waals surface area contributed by atoms with Crippen LogP contribution in [0.5, 0.6) is 0 Å². The maximum absolute atomic E-state index is 6.77. The fraction of sp³-hybridized carbons (Fsp3) is 0.333. The number of hydrogen-bond donors (Lipinski definition) is 1. The summed E-state index contributed by atoms with van der Waals surface area (Å²) in [6.07, 6.45) is 2.34. The van der Waals surface area contributed by atoms with Gasteiger partial charge in [0.2, 0.25) is 0 Å². The van der Waals surface area contributed by atoms with E-state index in [4.69, 9.17) is 28.9 Å². The molecule has 2 N–H and O–H groups in total. The minimum atomic E-state index is -0.668. The maximum atomic E-state index is 6.77. The molecule has 1 saturated carbocycles. The molecule has 0 spiro atoms. The molecule has 1 fully saturated rings. The number of rotatable bonds is 5.